The highest BCUT2D eigenvalue weighted by Gasteiger charge is 2.36. The topological polar surface area (TPSA) is 149 Å². The maximum absolute atomic E-state index is 12.5. The van der Waals surface area contributed by atoms with Gasteiger partial charge in [-0.2, -0.15) is 15.1 Å². The van der Waals surface area contributed by atoms with Crippen molar-refractivity contribution in [3.05, 3.63) is 46.9 Å². The Bertz CT molecular complexity index is 1400. The quantitative estimate of drug-likeness (QED) is 0.280. The first kappa shape index (κ1) is 26.7. The van der Waals surface area contributed by atoms with Crippen molar-refractivity contribution in [2.24, 2.45) is 0 Å². The number of aromatic nitrogens is 4. The number of ether oxygens (including phenoxy) is 1. The molecule has 3 aromatic rings. The first-order valence-electron chi connectivity index (χ1n) is 11.8. The second kappa shape index (κ2) is 10.4. The molecule has 1 aromatic carbocycles. The molecule has 4 atom stereocenters. The van der Waals surface area contributed by atoms with Crippen molar-refractivity contribution in [3.63, 3.8) is 0 Å². The minimum absolute atomic E-state index is 0.0960. The Morgan fingerprint density at radius 3 is 2.76 bits per heavy atom. The van der Waals surface area contributed by atoms with Gasteiger partial charge in [-0.3, -0.25) is 9.13 Å². The third-order valence-electron chi connectivity index (χ3n) is 6.76. The number of nitrogens with zero attached hydrogens (tertiary/aromatic N) is 5. The summed E-state index contributed by atoms with van der Waals surface area (Å²) in [6.45, 7) is -0.147. The maximum Gasteiger partial charge on any atom is 0.342 e. The van der Waals surface area contributed by atoms with Gasteiger partial charge in [0.05, 0.1) is 30.3 Å². The zero-order valence-electron chi connectivity index (χ0n) is 20.3. The van der Waals surface area contributed by atoms with Crippen LogP contribution < -0.4 is 4.90 Å². The van der Waals surface area contributed by atoms with Gasteiger partial charge in [-0.15, -0.1) is 0 Å². The van der Waals surface area contributed by atoms with Crippen LogP contribution in [-0.2, 0) is 29.3 Å². The van der Waals surface area contributed by atoms with Crippen molar-refractivity contribution >= 4 is 43.6 Å². The van der Waals surface area contributed by atoms with E-state index in [1.54, 1.807) is 10.9 Å². The van der Waals surface area contributed by atoms with E-state index >= 15 is 0 Å². The summed E-state index contributed by atoms with van der Waals surface area (Å²) < 4.78 is 41.6. The number of anilines is 1. The fourth-order valence-corrected chi connectivity index (χ4v) is 8.26. The molecule has 2 aromatic heterocycles. The standard InChI is InChI=1S/C22H28ClN5O7P2/c1-27(18-9-7-14-5-3-4-6-16(14)18)20-17-11-24-28(21(17)26-22(23)25-20)19-10-8-15(35-19)12-34-37(32,33-2)13-36(29,30)31/h3-6,11,15,18-19H,7-10,12-13H2,1-2H3,(H2,29,30,31)/t15-,18-,19+,37?/m0/s1. The number of aryl methyl sites for hydroxylation is 1. The molecular weight excluding hydrogens is 544 g/mol. The van der Waals surface area contributed by atoms with Gasteiger partial charge in [0.2, 0.25) is 5.28 Å². The molecule has 1 aliphatic heterocycles. The molecule has 0 bridgehead atoms. The van der Waals surface area contributed by atoms with E-state index in [4.69, 9.17) is 35.2 Å². The van der Waals surface area contributed by atoms with Crippen molar-refractivity contribution in [2.45, 2.75) is 44.1 Å². The fourth-order valence-electron chi connectivity index (χ4n) is 5.01. The van der Waals surface area contributed by atoms with Gasteiger partial charge in [0.15, 0.2) is 17.8 Å². The van der Waals surface area contributed by atoms with Gasteiger partial charge in [0.25, 0.3) is 0 Å². The number of fused-ring (bicyclic) bond motifs is 2. The summed E-state index contributed by atoms with van der Waals surface area (Å²) in [6, 6.07) is 8.54. The summed E-state index contributed by atoms with van der Waals surface area (Å²) in [7, 11) is -5.46. The number of hydrogen-bond donors (Lipinski definition) is 2. The van der Waals surface area contributed by atoms with E-state index in [2.05, 4.69) is 38.2 Å². The molecule has 2 aliphatic rings. The Morgan fingerprint density at radius 1 is 1.22 bits per heavy atom. The Balaban J connectivity index is 1.34. The molecule has 0 spiro atoms. The molecule has 3 heterocycles. The van der Waals surface area contributed by atoms with Crippen LogP contribution in [0.15, 0.2) is 30.5 Å². The van der Waals surface area contributed by atoms with Gasteiger partial charge >= 0.3 is 15.2 Å². The highest BCUT2D eigenvalue weighted by atomic mass is 35.5. The number of rotatable bonds is 9. The Morgan fingerprint density at radius 2 is 2.00 bits per heavy atom. The lowest BCUT2D eigenvalue weighted by Crippen LogP contribution is -2.24. The molecule has 0 saturated carbocycles. The minimum atomic E-state index is -4.59. The summed E-state index contributed by atoms with van der Waals surface area (Å²) in [6.07, 6.45) is 3.83. The lowest BCUT2D eigenvalue weighted by Gasteiger charge is -2.27. The van der Waals surface area contributed by atoms with E-state index in [0.717, 1.165) is 25.3 Å². The van der Waals surface area contributed by atoms with Crippen LogP contribution in [0.25, 0.3) is 11.0 Å². The van der Waals surface area contributed by atoms with Crippen LogP contribution in [0.1, 0.15) is 42.7 Å². The van der Waals surface area contributed by atoms with Crippen LogP contribution in [-0.4, -0.2) is 62.3 Å². The normalized spacial score (nSPS) is 23.3. The highest BCUT2D eigenvalue weighted by Crippen LogP contribution is 2.58. The Kier molecular flexibility index (Phi) is 7.48. The van der Waals surface area contributed by atoms with Gasteiger partial charge in [0.1, 0.15) is 5.82 Å². The molecule has 0 amide bonds. The van der Waals surface area contributed by atoms with Gasteiger partial charge in [-0.1, -0.05) is 24.3 Å². The van der Waals surface area contributed by atoms with E-state index in [1.165, 1.54) is 11.1 Å². The van der Waals surface area contributed by atoms with Crippen LogP contribution >= 0.6 is 26.8 Å². The Labute approximate surface area is 218 Å². The number of hydrogen-bond acceptors (Lipinski definition) is 9. The molecule has 1 fully saturated rings. The van der Waals surface area contributed by atoms with Crippen LogP contribution in [0.4, 0.5) is 5.82 Å². The molecule has 1 unspecified atom stereocenters. The average molecular weight is 572 g/mol. The van der Waals surface area contributed by atoms with Crippen molar-refractivity contribution in [1.29, 1.82) is 0 Å². The predicted molar refractivity (Wildman–Crippen MR) is 137 cm³/mol. The molecule has 15 heteroatoms. The monoisotopic (exact) mass is 571 g/mol. The SMILES string of the molecule is COP(=O)(CP(=O)(O)O)OC[C@@H]1CC[C@H](n2ncc3c(N(C)[C@H]4CCc5ccccc54)nc(Cl)nc32)O1. The fraction of sp³-hybridized carbons (Fsp3) is 0.500. The lowest BCUT2D eigenvalue weighted by molar-refractivity contribution is -0.0235. The highest BCUT2D eigenvalue weighted by molar-refractivity contribution is 7.70. The van der Waals surface area contributed by atoms with Gasteiger partial charge < -0.3 is 28.5 Å². The van der Waals surface area contributed by atoms with Crippen molar-refractivity contribution in [1.82, 2.24) is 19.7 Å². The van der Waals surface area contributed by atoms with E-state index < -0.39 is 33.4 Å². The van der Waals surface area contributed by atoms with Crippen molar-refractivity contribution < 1.29 is 32.7 Å². The molecule has 37 heavy (non-hydrogen) atoms. The summed E-state index contributed by atoms with van der Waals surface area (Å²) in [5.74, 6) is -0.313. The first-order valence-corrected chi connectivity index (χ1v) is 15.7. The molecule has 5 rings (SSSR count). The zero-order valence-corrected chi connectivity index (χ0v) is 22.9. The average Bonchev–Trinajstić information content (AvgIpc) is 3.58. The molecular formula is C22H28ClN5O7P2. The van der Waals surface area contributed by atoms with Crippen LogP contribution in [0.3, 0.4) is 0 Å². The zero-order chi connectivity index (χ0) is 26.4. The van der Waals surface area contributed by atoms with Crippen molar-refractivity contribution in [2.75, 3.05) is 31.6 Å². The molecule has 1 aliphatic carbocycles. The Hall–Kier alpha value is -1.88. The van der Waals surface area contributed by atoms with Crippen molar-refractivity contribution in [3.8, 4) is 0 Å². The summed E-state index contributed by atoms with van der Waals surface area (Å²) >= 11 is 6.35. The molecule has 200 valence electrons. The van der Waals surface area contributed by atoms with Gasteiger partial charge in [0, 0.05) is 14.2 Å². The second-order valence-electron chi connectivity index (χ2n) is 9.19. The van der Waals surface area contributed by atoms with Crippen LogP contribution in [0, 0.1) is 0 Å². The third kappa shape index (κ3) is 5.62. The van der Waals surface area contributed by atoms with E-state index in [-0.39, 0.29) is 17.9 Å². The molecule has 12 nitrogen and oxygen atoms in total. The smallest absolute Gasteiger partial charge is 0.342 e. The first-order chi connectivity index (χ1) is 17.6. The third-order valence-corrected chi connectivity index (χ3v) is 10.9. The van der Waals surface area contributed by atoms with E-state index in [1.807, 2.05) is 13.1 Å². The lowest BCUT2D eigenvalue weighted by atomic mass is 10.1. The molecule has 1 saturated heterocycles. The molecule has 0 radical (unpaired) electrons. The maximum atomic E-state index is 12.5. The van der Waals surface area contributed by atoms with Crippen LogP contribution in [0.5, 0.6) is 0 Å². The van der Waals surface area contributed by atoms with Crippen LogP contribution in [0.2, 0.25) is 5.28 Å². The predicted octanol–water partition coefficient (Wildman–Crippen LogP) is 4.27. The van der Waals surface area contributed by atoms with E-state index in [0.29, 0.717) is 24.3 Å². The number of halogens is 1. The summed E-state index contributed by atoms with van der Waals surface area (Å²) in [5, 5.41) is 5.36. The van der Waals surface area contributed by atoms with E-state index in [9.17, 15) is 9.13 Å². The van der Waals surface area contributed by atoms with Gasteiger partial charge in [-0.25, -0.2) is 4.68 Å². The minimum Gasteiger partial charge on any atom is -0.352 e. The second-order valence-corrected chi connectivity index (χ2v) is 13.8. The van der Waals surface area contributed by atoms with Gasteiger partial charge in [-0.05, 0) is 48.4 Å². The number of benzene rings is 1. The summed E-state index contributed by atoms with van der Waals surface area (Å²) in [4.78, 5) is 29.4. The summed E-state index contributed by atoms with van der Waals surface area (Å²) in [5.41, 5.74) is 3.14. The molecule has 2 N–H and O–H groups in total. The largest absolute Gasteiger partial charge is 0.352 e.